The minimum Gasteiger partial charge on any atom is -0.352 e. The van der Waals surface area contributed by atoms with E-state index in [-0.39, 0.29) is 5.91 Å². The van der Waals surface area contributed by atoms with Crippen LogP contribution >= 0.6 is 0 Å². The summed E-state index contributed by atoms with van der Waals surface area (Å²) in [5.41, 5.74) is 1.97. The van der Waals surface area contributed by atoms with Crippen molar-refractivity contribution in [1.82, 2.24) is 19.9 Å². The molecule has 20 heavy (non-hydrogen) atoms. The van der Waals surface area contributed by atoms with E-state index in [4.69, 9.17) is 0 Å². The highest BCUT2D eigenvalue weighted by Gasteiger charge is 2.22. The van der Waals surface area contributed by atoms with Crippen molar-refractivity contribution in [3.8, 4) is 0 Å². The van der Waals surface area contributed by atoms with Crippen molar-refractivity contribution in [2.24, 2.45) is 0 Å². The number of hydrogen-bond donors (Lipinski definition) is 1. The summed E-state index contributed by atoms with van der Waals surface area (Å²) < 4.78 is 0. The molecule has 0 aliphatic carbocycles. The Morgan fingerprint density at radius 2 is 1.90 bits per heavy atom. The molecule has 0 saturated carbocycles. The first-order valence-electron chi connectivity index (χ1n) is 6.89. The second-order valence-electron chi connectivity index (χ2n) is 5.30. The molecule has 0 bridgehead atoms. The fourth-order valence-electron chi connectivity index (χ4n) is 2.71. The number of aryl methyl sites for hydroxylation is 2. The Hall–Kier alpha value is -2.11. The highest BCUT2D eigenvalue weighted by atomic mass is 16.2. The molecular formula is C14H19N5O. The fourth-order valence-corrected chi connectivity index (χ4v) is 2.71. The third-order valence-corrected chi connectivity index (χ3v) is 3.74. The summed E-state index contributed by atoms with van der Waals surface area (Å²) in [5.74, 6) is 1.88. The predicted molar refractivity (Wildman–Crippen MR) is 77.8 cm³/mol. The molecule has 0 spiro atoms. The molecule has 0 unspecified atom stereocenters. The molecular weight excluding hydrogens is 254 g/mol. The Morgan fingerprint density at radius 3 is 2.55 bits per heavy atom. The summed E-state index contributed by atoms with van der Waals surface area (Å²) in [7, 11) is 0. The van der Waals surface area contributed by atoms with Crippen molar-refractivity contribution in [3.63, 3.8) is 0 Å². The van der Waals surface area contributed by atoms with E-state index in [2.05, 4.69) is 25.9 Å². The van der Waals surface area contributed by atoms with Crippen LogP contribution in [0.2, 0.25) is 0 Å². The number of nitrogens with one attached hydrogen (secondary N) is 1. The van der Waals surface area contributed by atoms with Gasteiger partial charge in [0.05, 0.1) is 5.39 Å². The summed E-state index contributed by atoms with van der Waals surface area (Å²) >= 11 is 0. The van der Waals surface area contributed by atoms with Gasteiger partial charge >= 0.3 is 0 Å². The molecule has 6 heteroatoms. The van der Waals surface area contributed by atoms with Gasteiger partial charge in [-0.05, 0) is 19.9 Å². The predicted octanol–water partition coefficient (Wildman–Crippen LogP) is 1.24. The SMILES string of the molecule is CC(=O)N1CCN(c2nc(C)nc3[nH]c(C)cc23)CC1. The summed E-state index contributed by atoms with van der Waals surface area (Å²) in [6, 6.07) is 2.08. The Balaban J connectivity index is 1.93. The van der Waals surface area contributed by atoms with E-state index in [1.807, 2.05) is 18.7 Å². The molecule has 1 N–H and O–H groups in total. The van der Waals surface area contributed by atoms with Crippen molar-refractivity contribution in [2.75, 3.05) is 31.1 Å². The van der Waals surface area contributed by atoms with Crippen LogP contribution in [0.25, 0.3) is 11.0 Å². The number of piperazine rings is 1. The molecule has 3 heterocycles. The van der Waals surface area contributed by atoms with Gasteiger partial charge < -0.3 is 14.8 Å². The minimum atomic E-state index is 0.145. The molecule has 1 saturated heterocycles. The van der Waals surface area contributed by atoms with E-state index in [1.165, 1.54) is 0 Å². The first-order valence-corrected chi connectivity index (χ1v) is 6.89. The van der Waals surface area contributed by atoms with Gasteiger partial charge in [-0.1, -0.05) is 0 Å². The molecule has 1 amide bonds. The number of amides is 1. The molecule has 3 rings (SSSR count). The van der Waals surface area contributed by atoms with Gasteiger partial charge in [-0.25, -0.2) is 9.97 Å². The molecule has 106 valence electrons. The first-order chi connectivity index (χ1) is 9.54. The molecule has 6 nitrogen and oxygen atoms in total. The van der Waals surface area contributed by atoms with Gasteiger partial charge in [0, 0.05) is 38.8 Å². The molecule has 1 aliphatic heterocycles. The van der Waals surface area contributed by atoms with Gasteiger partial charge in [0.2, 0.25) is 5.91 Å². The normalized spacial score (nSPS) is 15.9. The second-order valence-corrected chi connectivity index (χ2v) is 5.30. The molecule has 0 atom stereocenters. The van der Waals surface area contributed by atoms with E-state index < -0.39 is 0 Å². The van der Waals surface area contributed by atoms with Gasteiger partial charge in [0.1, 0.15) is 17.3 Å². The zero-order valence-corrected chi connectivity index (χ0v) is 12.1. The standard InChI is InChI=1S/C14H19N5O/c1-9-8-12-13(15-9)16-10(2)17-14(12)19-6-4-18(5-7-19)11(3)20/h8H,4-7H2,1-3H3,(H,15,16,17). The molecule has 2 aromatic rings. The Morgan fingerprint density at radius 1 is 1.20 bits per heavy atom. The topological polar surface area (TPSA) is 65.1 Å². The van der Waals surface area contributed by atoms with Gasteiger partial charge in [-0.15, -0.1) is 0 Å². The summed E-state index contributed by atoms with van der Waals surface area (Å²) in [5, 5.41) is 1.06. The summed E-state index contributed by atoms with van der Waals surface area (Å²) in [6.45, 7) is 8.69. The van der Waals surface area contributed by atoms with Crippen LogP contribution in [0.3, 0.4) is 0 Å². The van der Waals surface area contributed by atoms with E-state index in [1.54, 1.807) is 6.92 Å². The number of fused-ring (bicyclic) bond motifs is 1. The number of hydrogen-bond acceptors (Lipinski definition) is 4. The lowest BCUT2D eigenvalue weighted by molar-refractivity contribution is -0.129. The largest absolute Gasteiger partial charge is 0.352 e. The van der Waals surface area contributed by atoms with Crippen LogP contribution in [0.15, 0.2) is 6.07 Å². The van der Waals surface area contributed by atoms with Crippen molar-refractivity contribution >= 4 is 22.8 Å². The lowest BCUT2D eigenvalue weighted by Crippen LogP contribution is -2.48. The van der Waals surface area contributed by atoms with Crippen LogP contribution in [-0.2, 0) is 4.79 Å². The Labute approximate surface area is 117 Å². The van der Waals surface area contributed by atoms with E-state index in [0.29, 0.717) is 0 Å². The average molecular weight is 273 g/mol. The molecule has 1 aliphatic rings. The number of carbonyl (C=O) groups is 1. The number of carbonyl (C=O) groups excluding carboxylic acids is 1. The van der Waals surface area contributed by atoms with Crippen LogP contribution in [0, 0.1) is 13.8 Å². The highest BCUT2D eigenvalue weighted by molar-refractivity contribution is 5.88. The van der Waals surface area contributed by atoms with Crippen molar-refractivity contribution in [1.29, 1.82) is 0 Å². The lowest BCUT2D eigenvalue weighted by atomic mass is 10.2. The number of rotatable bonds is 1. The molecule has 0 aromatic carbocycles. The smallest absolute Gasteiger partial charge is 0.219 e. The van der Waals surface area contributed by atoms with Gasteiger partial charge in [0.15, 0.2) is 0 Å². The summed E-state index contributed by atoms with van der Waals surface area (Å²) in [6.07, 6.45) is 0. The van der Waals surface area contributed by atoms with Crippen molar-refractivity contribution < 1.29 is 4.79 Å². The molecule has 1 fully saturated rings. The molecule has 0 radical (unpaired) electrons. The minimum absolute atomic E-state index is 0.145. The maximum atomic E-state index is 11.4. The van der Waals surface area contributed by atoms with Gasteiger partial charge in [-0.3, -0.25) is 4.79 Å². The number of anilines is 1. The maximum absolute atomic E-state index is 11.4. The second kappa shape index (κ2) is 4.77. The van der Waals surface area contributed by atoms with E-state index in [0.717, 1.165) is 54.5 Å². The number of aromatic amines is 1. The number of H-pyrrole nitrogens is 1. The Kier molecular flexibility index (Phi) is 3.08. The fraction of sp³-hybridized carbons (Fsp3) is 0.500. The zero-order valence-electron chi connectivity index (χ0n) is 12.1. The average Bonchev–Trinajstić information content (AvgIpc) is 2.78. The van der Waals surface area contributed by atoms with Crippen LogP contribution < -0.4 is 4.90 Å². The quantitative estimate of drug-likeness (QED) is 0.849. The van der Waals surface area contributed by atoms with Crippen molar-refractivity contribution in [2.45, 2.75) is 20.8 Å². The third kappa shape index (κ3) is 2.21. The van der Waals surface area contributed by atoms with Crippen LogP contribution in [0.4, 0.5) is 5.82 Å². The monoisotopic (exact) mass is 273 g/mol. The number of nitrogens with zero attached hydrogens (tertiary/aromatic N) is 4. The van der Waals surface area contributed by atoms with Gasteiger partial charge in [-0.2, -0.15) is 0 Å². The van der Waals surface area contributed by atoms with Crippen LogP contribution in [-0.4, -0.2) is 51.9 Å². The number of aromatic nitrogens is 3. The Bertz CT molecular complexity index is 655. The van der Waals surface area contributed by atoms with E-state index in [9.17, 15) is 4.79 Å². The first kappa shape index (κ1) is 12.9. The van der Waals surface area contributed by atoms with Crippen LogP contribution in [0.1, 0.15) is 18.4 Å². The van der Waals surface area contributed by atoms with E-state index >= 15 is 0 Å². The lowest BCUT2D eigenvalue weighted by Gasteiger charge is -2.35. The zero-order chi connectivity index (χ0) is 14.3. The van der Waals surface area contributed by atoms with Gasteiger partial charge in [0.25, 0.3) is 0 Å². The molecule has 2 aromatic heterocycles. The van der Waals surface area contributed by atoms with Crippen LogP contribution in [0.5, 0.6) is 0 Å². The maximum Gasteiger partial charge on any atom is 0.219 e. The summed E-state index contributed by atoms with van der Waals surface area (Å²) in [4.78, 5) is 27.8. The third-order valence-electron chi connectivity index (χ3n) is 3.74. The highest BCUT2D eigenvalue weighted by Crippen LogP contribution is 2.25. The van der Waals surface area contributed by atoms with Crippen molar-refractivity contribution in [3.05, 3.63) is 17.6 Å².